The van der Waals surface area contributed by atoms with Crippen molar-refractivity contribution >= 4 is 44.6 Å². The first-order chi connectivity index (χ1) is 12.0. The van der Waals surface area contributed by atoms with Gasteiger partial charge in [-0.15, -0.1) is 22.7 Å². The van der Waals surface area contributed by atoms with Crippen LogP contribution in [0.15, 0.2) is 39.2 Å². The van der Waals surface area contributed by atoms with Gasteiger partial charge in [0, 0.05) is 18.0 Å². The van der Waals surface area contributed by atoms with Gasteiger partial charge in [-0.3, -0.25) is 9.59 Å². The van der Waals surface area contributed by atoms with E-state index in [2.05, 4.69) is 10.0 Å². The molecule has 0 saturated carbocycles. The Morgan fingerprint density at radius 3 is 2.52 bits per heavy atom. The molecule has 136 valence electrons. The Hall–Kier alpha value is -1.75. The van der Waals surface area contributed by atoms with Crippen LogP contribution < -0.4 is 10.0 Å². The third-order valence-corrected chi connectivity index (χ3v) is 6.81. The molecule has 0 bridgehead atoms. The van der Waals surface area contributed by atoms with Crippen LogP contribution in [0.2, 0.25) is 0 Å². The monoisotopic (exact) mass is 402 g/mol. The highest BCUT2D eigenvalue weighted by molar-refractivity contribution is 7.91. The van der Waals surface area contributed by atoms with Crippen LogP contribution >= 0.6 is 22.7 Å². The molecular weight excluding hydrogens is 384 g/mol. The number of hydrogen-bond donors (Lipinski definition) is 2. The fourth-order valence-electron chi connectivity index (χ4n) is 1.82. The summed E-state index contributed by atoms with van der Waals surface area (Å²) in [6.07, 6.45) is 0.578. The zero-order valence-electron chi connectivity index (χ0n) is 13.3. The predicted octanol–water partition coefficient (Wildman–Crippen LogP) is 1.38. The second-order valence-electron chi connectivity index (χ2n) is 4.92. The second-order valence-corrected chi connectivity index (χ2v) is 8.89. The zero-order chi connectivity index (χ0) is 18.1. The Labute approximate surface area is 154 Å². The number of carbonyl (C=O) groups excluding carboxylic acids is 2. The maximum Gasteiger partial charge on any atom is 0.307 e. The molecule has 2 rings (SSSR count). The minimum absolute atomic E-state index is 0.0843. The predicted molar refractivity (Wildman–Crippen MR) is 96.1 cm³/mol. The third-order valence-electron chi connectivity index (χ3n) is 3.02. The Balaban J connectivity index is 1.58. The maximum absolute atomic E-state index is 11.8. The van der Waals surface area contributed by atoms with Gasteiger partial charge < -0.3 is 10.1 Å². The van der Waals surface area contributed by atoms with Gasteiger partial charge in [-0.25, -0.2) is 13.1 Å². The molecule has 0 unspecified atom stereocenters. The second kappa shape index (κ2) is 9.66. The van der Waals surface area contributed by atoms with Gasteiger partial charge in [-0.1, -0.05) is 12.1 Å². The van der Waals surface area contributed by atoms with Gasteiger partial charge in [0.25, 0.3) is 5.91 Å². The van der Waals surface area contributed by atoms with E-state index in [1.54, 1.807) is 22.8 Å². The first-order valence-corrected chi connectivity index (χ1v) is 10.7. The minimum Gasteiger partial charge on any atom is -0.456 e. The van der Waals surface area contributed by atoms with Gasteiger partial charge in [0.15, 0.2) is 6.61 Å². The number of hydrogen-bond acceptors (Lipinski definition) is 7. The van der Waals surface area contributed by atoms with Crippen LogP contribution in [0.1, 0.15) is 11.3 Å². The molecule has 0 spiro atoms. The average Bonchev–Trinajstić information content (AvgIpc) is 3.26. The van der Waals surface area contributed by atoms with Crippen LogP contribution in [0.4, 0.5) is 0 Å². The van der Waals surface area contributed by atoms with E-state index in [-0.39, 0.29) is 29.7 Å². The van der Waals surface area contributed by atoms with Crippen molar-refractivity contribution in [3.05, 3.63) is 39.9 Å². The van der Waals surface area contributed by atoms with Crippen LogP contribution in [0.25, 0.3) is 0 Å². The first kappa shape index (κ1) is 19.6. The molecule has 25 heavy (non-hydrogen) atoms. The molecule has 0 fully saturated rings. The van der Waals surface area contributed by atoms with Crippen LogP contribution in [0.5, 0.6) is 0 Å². The van der Waals surface area contributed by atoms with Crippen LogP contribution in [-0.4, -0.2) is 40.0 Å². The Morgan fingerprint density at radius 1 is 1.08 bits per heavy atom. The van der Waals surface area contributed by atoms with Crippen LogP contribution in [-0.2, 0) is 30.8 Å². The summed E-state index contributed by atoms with van der Waals surface area (Å²) in [6, 6.07) is 7.03. The van der Waals surface area contributed by atoms with E-state index in [0.29, 0.717) is 6.54 Å². The van der Waals surface area contributed by atoms with Gasteiger partial charge >= 0.3 is 5.97 Å². The van der Waals surface area contributed by atoms with E-state index in [1.165, 1.54) is 6.07 Å². The van der Waals surface area contributed by atoms with Gasteiger partial charge in [-0.2, -0.15) is 0 Å². The van der Waals surface area contributed by atoms with Crippen molar-refractivity contribution in [3.63, 3.8) is 0 Å². The minimum atomic E-state index is -3.60. The number of amides is 1. The number of esters is 1. The molecular formula is C15H18N2O5S3. The molecule has 1 amide bonds. The van der Waals surface area contributed by atoms with E-state index in [9.17, 15) is 18.0 Å². The highest BCUT2D eigenvalue weighted by atomic mass is 32.2. The summed E-state index contributed by atoms with van der Waals surface area (Å²) in [4.78, 5) is 24.3. The number of rotatable bonds is 10. The Bertz CT molecular complexity index is 770. The molecule has 0 aliphatic rings. The smallest absolute Gasteiger partial charge is 0.307 e. The van der Waals surface area contributed by atoms with Gasteiger partial charge in [0.1, 0.15) is 4.21 Å². The lowest BCUT2D eigenvalue weighted by Crippen LogP contribution is -2.31. The van der Waals surface area contributed by atoms with Crippen molar-refractivity contribution in [2.45, 2.75) is 17.1 Å². The topological polar surface area (TPSA) is 102 Å². The fourth-order valence-corrected chi connectivity index (χ4v) is 4.60. The number of sulfonamides is 1. The molecule has 2 aromatic heterocycles. The molecule has 2 aromatic rings. The molecule has 0 radical (unpaired) electrons. The number of ether oxygens (including phenoxy) is 1. The standard InChI is InChI=1S/C15H18N2O5S3/c18-13(16-7-5-12-3-1-9-23-12)11-22-14(19)6-8-17-25(20,21)15-4-2-10-24-15/h1-4,9-10,17H,5-8,11H2,(H,16,18). The third kappa shape index (κ3) is 6.94. The van der Waals surface area contributed by atoms with Crippen molar-refractivity contribution in [3.8, 4) is 0 Å². The van der Waals surface area contributed by atoms with Crippen molar-refractivity contribution in [2.75, 3.05) is 19.7 Å². The lowest BCUT2D eigenvalue weighted by molar-refractivity contribution is -0.148. The van der Waals surface area contributed by atoms with Gasteiger partial charge in [0.05, 0.1) is 6.42 Å². The highest BCUT2D eigenvalue weighted by Crippen LogP contribution is 2.15. The highest BCUT2D eigenvalue weighted by Gasteiger charge is 2.15. The van der Waals surface area contributed by atoms with Crippen molar-refractivity contribution in [1.29, 1.82) is 0 Å². The zero-order valence-corrected chi connectivity index (χ0v) is 15.7. The summed E-state index contributed by atoms with van der Waals surface area (Å²) in [5.74, 6) is -1.02. The average molecular weight is 403 g/mol. The van der Waals surface area contributed by atoms with Gasteiger partial charge in [0.2, 0.25) is 10.0 Å². The number of carbonyl (C=O) groups is 2. The molecule has 0 aliphatic carbocycles. The lowest BCUT2D eigenvalue weighted by atomic mass is 10.3. The van der Waals surface area contributed by atoms with E-state index >= 15 is 0 Å². The molecule has 0 atom stereocenters. The van der Waals surface area contributed by atoms with Crippen molar-refractivity contribution in [2.24, 2.45) is 0 Å². The summed E-state index contributed by atoms with van der Waals surface area (Å²) >= 11 is 2.70. The largest absolute Gasteiger partial charge is 0.456 e. The number of thiophene rings is 2. The molecule has 7 nitrogen and oxygen atoms in total. The molecule has 2 N–H and O–H groups in total. The van der Waals surface area contributed by atoms with E-state index in [0.717, 1.165) is 22.6 Å². The van der Waals surface area contributed by atoms with E-state index in [4.69, 9.17) is 4.74 Å². The fraction of sp³-hybridized carbons (Fsp3) is 0.333. The summed E-state index contributed by atoms with van der Waals surface area (Å²) in [5, 5.41) is 6.27. The summed E-state index contributed by atoms with van der Waals surface area (Å²) in [6.45, 7) is 0.0114. The van der Waals surface area contributed by atoms with Crippen LogP contribution in [0, 0.1) is 0 Å². The first-order valence-electron chi connectivity index (χ1n) is 7.45. The van der Waals surface area contributed by atoms with Crippen molar-refractivity contribution < 1.29 is 22.7 Å². The van der Waals surface area contributed by atoms with Crippen LogP contribution in [0.3, 0.4) is 0 Å². The normalized spacial score (nSPS) is 11.2. The SMILES string of the molecule is O=C(COC(=O)CCNS(=O)(=O)c1cccs1)NCCc1cccs1. The molecule has 0 aromatic carbocycles. The van der Waals surface area contributed by atoms with Gasteiger partial charge in [-0.05, 0) is 29.3 Å². The molecule has 2 heterocycles. The summed E-state index contributed by atoms with van der Waals surface area (Å²) in [7, 11) is -3.60. The summed E-state index contributed by atoms with van der Waals surface area (Å²) < 4.78 is 31.0. The molecule has 0 aliphatic heterocycles. The maximum atomic E-state index is 11.8. The Kier molecular flexibility index (Phi) is 7.56. The van der Waals surface area contributed by atoms with E-state index in [1.807, 2.05) is 17.5 Å². The van der Waals surface area contributed by atoms with Crippen molar-refractivity contribution in [1.82, 2.24) is 10.0 Å². The lowest BCUT2D eigenvalue weighted by Gasteiger charge is -2.07. The Morgan fingerprint density at radius 2 is 1.84 bits per heavy atom. The quantitative estimate of drug-likeness (QED) is 0.585. The number of nitrogens with one attached hydrogen (secondary N) is 2. The summed E-state index contributed by atoms with van der Waals surface area (Å²) in [5.41, 5.74) is 0. The molecule has 0 saturated heterocycles. The molecule has 10 heteroatoms. The van der Waals surface area contributed by atoms with E-state index < -0.39 is 16.0 Å².